The summed E-state index contributed by atoms with van der Waals surface area (Å²) in [6, 6.07) is 4.51. The van der Waals surface area contributed by atoms with Crippen LogP contribution >= 0.6 is 24.0 Å². The van der Waals surface area contributed by atoms with Crippen LogP contribution in [0, 0.1) is 5.92 Å². The molecule has 0 saturated carbocycles. The van der Waals surface area contributed by atoms with Crippen LogP contribution < -0.4 is 10.6 Å². The molecule has 120 valence electrons. The zero-order chi connectivity index (χ0) is 14.8. The van der Waals surface area contributed by atoms with Gasteiger partial charge in [0.05, 0.1) is 0 Å². The number of nitrogens with zero attached hydrogens (tertiary/aromatic N) is 2. The van der Waals surface area contributed by atoms with Gasteiger partial charge in [-0.25, -0.2) is 0 Å². The number of pyridine rings is 1. The number of aromatic nitrogens is 1. The molecule has 1 atom stereocenters. The highest BCUT2D eigenvalue weighted by Gasteiger charge is 2.06. The van der Waals surface area contributed by atoms with E-state index in [0.29, 0.717) is 6.04 Å². The predicted octanol–water partition coefficient (Wildman–Crippen LogP) is 3.23. The number of nitrogens with one attached hydrogen (secondary N) is 2. The van der Waals surface area contributed by atoms with Crippen LogP contribution in [-0.2, 0) is 6.42 Å². The average Bonchev–Trinajstić information content (AvgIpc) is 2.45. The molecule has 0 amide bonds. The average molecular weight is 404 g/mol. The van der Waals surface area contributed by atoms with Gasteiger partial charge in [-0.05, 0) is 43.7 Å². The molecule has 0 bridgehead atoms. The van der Waals surface area contributed by atoms with Crippen LogP contribution in [0.2, 0.25) is 0 Å². The molecule has 0 spiro atoms. The molecule has 0 radical (unpaired) electrons. The maximum atomic E-state index is 4.27. The van der Waals surface area contributed by atoms with E-state index in [9.17, 15) is 0 Å². The molecule has 0 aliphatic carbocycles. The Morgan fingerprint density at radius 1 is 1.29 bits per heavy atom. The predicted molar refractivity (Wildman–Crippen MR) is 101 cm³/mol. The smallest absolute Gasteiger partial charge is 0.191 e. The summed E-state index contributed by atoms with van der Waals surface area (Å²) in [7, 11) is 1.81. The normalized spacial score (nSPS) is 12.7. The Morgan fingerprint density at radius 3 is 2.62 bits per heavy atom. The van der Waals surface area contributed by atoms with Crippen LogP contribution in [0.3, 0.4) is 0 Å². The van der Waals surface area contributed by atoms with Crippen LogP contribution in [0.1, 0.15) is 39.2 Å². The van der Waals surface area contributed by atoms with E-state index in [-0.39, 0.29) is 24.0 Å². The molecular formula is C16H29IN4. The van der Waals surface area contributed by atoms with Gasteiger partial charge in [-0.15, -0.1) is 24.0 Å². The van der Waals surface area contributed by atoms with Gasteiger partial charge in [0.15, 0.2) is 5.96 Å². The van der Waals surface area contributed by atoms with Crippen molar-refractivity contribution < 1.29 is 0 Å². The van der Waals surface area contributed by atoms with E-state index >= 15 is 0 Å². The maximum absolute atomic E-state index is 4.27. The number of rotatable bonds is 7. The van der Waals surface area contributed by atoms with Crippen LogP contribution in [0.25, 0.3) is 0 Å². The van der Waals surface area contributed by atoms with Gasteiger partial charge >= 0.3 is 0 Å². The first-order chi connectivity index (χ1) is 9.61. The molecule has 4 nitrogen and oxygen atoms in total. The molecule has 1 unspecified atom stereocenters. The van der Waals surface area contributed by atoms with E-state index in [2.05, 4.69) is 47.4 Å². The number of hydrogen-bond donors (Lipinski definition) is 2. The van der Waals surface area contributed by atoms with Crippen LogP contribution in [0.4, 0.5) is 0 Å². The molecule has 2 N–H and O–H groups in total. The van der Waals surface area contributed by atoms with Gasteiger partial charge in [0.2, 0.25) is 0 Å². The molecule has 1 aromatic rings. The van der Waals surface area contributed by atoms with Crippen molar-refractivity contribution in [2.24, 2.45) is 10.9 Å². The minimum atomic E-state index is 0. The first-order valence-corrected chi connectivity index (χ1v) is 7.48. The Morgan fingerprint density at radius 2 is 2.05 bits per heavy atom. The second-order valence-electron chi connectivity index (χ2n) is 5.63. The zero-order valence-electron chi connectivity index (χ0n) is 13.6. The Bertz CT molecular complexity index is 393. The molecule has 1 rings (SSSR count). The standard InChI is InChI=1S/C16H28N4.HI/c1-13(2)7-8-14(3)20-16(17-4)19-11-9-15-6-5-10-18-12-15;/h5-6,10,12-14H,7-9,11H2,1-4H3,(H2,17,19,20);1H. The second-order valence-corrected chi connectivity index (χ2v) is 5.63. The lowest BCUT2D eigenvalue weighted by atomic mass is 10.0. The molecule has 5 heteroatoms. The molecule has 0 aliphatic rings. The van der Waals surface area contributed by atoms with Gasteiger partial charge in [-0.3, -0.25) is 9.98 Å². The Balaban J connectivity index is 0.00000400. The van der Waals surface area contributed by atoms with E-state index in [4.69, 9.17) is 0 Å². The lowest BCUT2D eigenvalue weighted by molar-refractivity contribution is 0.489. The highest BCUT2D eigenvalue weighted by atomic mass is 127. The Hall–Kier alpha value is -0.850. The largest absolute Gasteiger partial charge is 0.356 e. The fraction of sp³-hybridized carbons (Fsp3) is 0.625. The quantitative estimate of drug-likeness (QED) is 0.417. The highest BCUT2D eigenvalue weighted by molar-refractivity contribution is 14.0. The van der Waals surface area contributed by atoms with E-state index in [1.54, 1.807) is 6.20 Å². The Kier molecular flexibility index (Phi) is 11.3. The van der Waals surface area contributed by atoms with E-state index in [0.717, 1.165) is 24.8 Å². The summed E-state index contributed by atoms with van der Waals surface area (Å²) < 4.78 is 0. The summed E-state index contributed by atoms with van der Waals surface area (Å²) in [5.74, 6) is 1.63. The number of hydrogen-bond acceptors (Lipinski definition) is 2. The third-order valence-electron chi connectivity index (χ3n) is 3.21. The topological polar surface area (TPSA) is 49.3 Å². The molecular weight excluding hydrogens is 375 g/mol. The minimum Gasteiger partial charge on any atom is -0.356 e. The van der Waals surface area contributed by atoms with Crippen molar-refractivity contribution in [3.8, 4) is 0 Å². The maximum Gasteiger partial charge on any atom is 0.191 e. The molecule has 1 aromatic heterocycles. The molecule has 0 fully saturated rings. The molecule has 0 aliphatic heterocycles. The summed E-state index contributed by atoms with van der Waals surface area (Å²) in [5, 5.41) is 6.78. The van der Waals surface area contributed by atoms with Gasteiger partial charge in [0, 0.05) is 32.0 Å². The van der Waals surface area contributed by atoms with Crippen molar-refractivity contribution in [3.05, 3.63) is 30.1 Å². The van der Waals surface area contributed by atoms with Gasteiger partial charge in [-0.2, -0.15) is 0 Å². The summed E-state index contributed by atoms with van der Waals surface area (Å²) in [6.07, 6.45) is 7.06. The zero-order valence-corrected chi connectivity index (χ0v) is 15.9. The SMILES string of the molecule is CN=C(NCCc1cccnc1)NC(C)CCC(C)C.I. The third-order valence-corrected chi connectivity index (χ3v) is 3.21. The van der Waals surface area contributed by atoms with Crippen molar-refractivity contribution in [1.29, 1.82) is 0 Å². The van der Waals surface area contributed by atoms with Gasteiger partial charge in [0.1, 0.15) is 0 Å². The fourth-order valence-electron chi connectivity index (χ4n) is 1.95. The van der Waals surface area contributed by atoms with E-state index < -0.39 is 0 Å². The Labute approximate surface area is 146 Å². The number of guanidine groups is 1. The molecule has 21 heavy (non-hydrogen) atoms. The first kappa shape index (κ1) is 20.1. The van der Waals surface area contributed by atoms with Crippen molar-refractivity contribution >= 4 is 29.9 Å². The fourth-order valence-corrected chi connectivity index (χ4v) is 1.95. The summed E-state index contributed by atoms with van der Waals surface area (Å²) in [4.78, 5) is 8.38. The summed E-state index contributed by atoms with van der Waals surface area (Å²) in [6.45, 7) is 7.58. The first-order valence-electron chi connectivity index (χ1n) is 7.48. The molecule has 1 heterocycles. The second kappa shape index (κ2) is 11.8. The lowest BCUT2D eigenvalue weighted by Gasteiger charge is -2.18. The summed E-state index contributed by atoms with van der Waals surface area (Å²) in [5.41, 5.74) is 1.24. The van der Waals surface area contributed by atoms with Crippen molar-refractivity contribution in [3.63, 3.8) is 0 Å². The van der Waals surface area contributed by atoms with Crippen molar-refractivity contribution in [2.45, 2.75) is 46.1 Å². The van der Waals surface area contributed by atoms with E-state index in [1.807, 2.05) is 19.3 Å². The lowest BCUT2D eigenvalue weighted by Crippen LogP contribution is -2.43. The molecule has 0 aromatic carbocycles. The van der Waals surface area contributed by atoms with Gasteiger partial charge in [-0.1, -0.05) is 19.9 Å². The number of aliphatic imine (C=N–C) groups is 1. The molecule has 0 saturated heterocycles. The van der Waals surface area contributed by atoms with Crippen molar-refractivity contribution in [1.82, 2.24) is 15.6 Å². The van der Waals surface area contributed by atoms with Crippen LogP contribution in [0.5, 0.6) is 0 Å². The monoisotopic (exact) mass is 404 g/mol. The van der Waals surface area contributed by atoms with Crippen LogP contribution in [-0.4, -0.2) is 30.6 Å². The summed E-state index contributed by atoms with van der Waals surface area (Å²) >= 11 is 0. The van der Waals surface area contributed by atoms with E-state index in [1.165, 1.54) is 18.4 Å². The van der Waals surface area contributed by atoms with Gasteiger partial charge in [0.25, 0.3) is 0 Å². The van der Waals surface area contributed by atoms with Crippen molar-refractivity contribution in [2.75, 3.05) is 13.6 Å². The van der Waals surface area contributed by atoms with Crippen LogP contribution in [0.15, 0.2) is 29.5 Å². The minimum absolute atomic E-state index is 0. The highest BCUT2D eigenvalue weighted by Crippen LogP contribution is 2.06. The van der Waals surface area contributed by atoms with Gasteiger partial charge < -0.3 is 10.6 Å². The third kappa shape index (κ3) is 9.66. The number of halogens is 1.